The van der Waals surface area contributed by atoms with E-state index < -0.39 is 35.2 Å². The van der Waals surface area contributed by atoms with E-state index in [1.165, 1.54) is 0 Å². The fraction of sp³-hybridized carbons (Fsp3) is 0.214. The molecular formula is C56H51F6N7O2S. The topological polar surface area (TPSA) is 111 Å². The lowest BCUT2D eigenvalue weighted by molar-refractivity contribution is -0.143. The number of carbonyl (C=O) groups excluding carboxylic acids is 2. The van der Waals surface area contributed by atoms with Crippen LogP contribution in [0.3, 0.4) is 0 Å². The van der Waals surface area contributed by atoms with Gasteiger partial charge >= 0.3 is 24.4 Å². The summed E-state index contributed by atoms with van der Waals surface area (Å²) in [5.41, 5.74) is 6.49. The molecule has 4 amide bonds. The molecule has 8 rings (SSSR count). The number of aromatic nitrogens is 2. The smallest absolute Gasteiger partial charge is 0.308 e. The highest BCUT2D eigenvalue weighted by Crippen LogP contribution is 2.38. The van der Waals surface area contributed by atoms with Gasteiger partial charge in [-0.2, -0.15) is 38.1 Å². The second kappa shape index (κ2) is 21.9. The van der Waals surface area contributed by atoms with Crippen molar-refractivity contribution in [2.45, 2.75) is 65.1 Å². The van der Waals surface area contributed by atoms with Crippen molar-refractivity contribution in [1.29, 1.82) is 0 Å². The van der Waals surface area contributed by atoms with Crippen molar-refractivity contribution in [3.8, 4) is 22.3 Å². The van der Waals surface area contributed by atoms with E-state index in [0.717, 1.165) is 79.7 Å². The molecule has 4 N–H and O–H groups in total. The molecule has 0 bridgehead atoms. The van der Waals surface area contributed by atoms with Gasteiger partial charge in [0.15, 0.2) is 0 Å². The van der Waals surface area contributed by atoms with Crippen molar-refractivity contribution in [3.05, 3.63) is 179 Å². The molecule has 2 heterocycles. The van der Waals surface area contributed by atoms with Crippen LogP contribution in [0.25, 0.3) is 44.1 Å². The van der Waals surface area contributed by atoms with E-state index in [4.69, 9.17) is 9.97 Å². The molecule has 0 fully saturated rings. The summed E-state index contributed by atoms with van der Waals surface area (Å²) in [4.78, 5) is 38.8. The zero-order chi connectivity index (χ0) is 51.2. The van der Waals surface area contributed by atoms with Gasteiger partial charge in [-0.15, -0.1) is 0 Å². The molecule has 0 saturated heterocycles. The van der Waals surface area contributed by atoms with E-state index in [0.29, 0.717) is 42.0 Å². The first-order valence-electron chi connectivity index (χ1n) is 23.2. The minimum Gasteiger partial charge on any atom is -0.308 e. The van der Waals surface area contributed by atoms with Crippen molar-refractivity contribution >= 4 is 68.4 Å². The number of fused-ring (bicyclic) bond motifs is 2. The van der Waals surface area contributed by atoms with Crippen LogP contribution >= 0.6 is 11.8 Å². The SMILES string of the molecule is CC[C@H](CCSC)N(Cc1ccc2cc(-c3ccccc3NC(=O)Nc3cc(C)cc(C)c3)ccc2n1)Cc1ccc2cc(-c3ccccc3NC(=O)Nc3cc(C(F)(F)F)cc(C(F)(F)F)c3)ccc2n1. The number of nitrogens with zero attached hydrogens (tertiary/aromatic N) is 3. The van der Waals surface area contributed by atoms with Gasteiger partial charge in [-0.05, 0) is 140 Å². The van der Waals surface area contributed by atoms with Gasteiger partial charge in [0.1, 0.15) is 0 Å². The Morgan fingerprint density at radius 1 is 0.569 bits per heavy atom. The van der Waals surface area contributed by atoms with Crippen molar-refractivity contribution in [1.82, 2.24) is 14.9 Å². The number of halogens is 6. The molecule has 0 unspecified atom stereocenters. The van der Waals surface area contributed by atoms with Crippen molar-refractivity contribution in [2.24, 2.45) is 0 Å². The van der Waals surface area contributed by atoms with E-state index in [9.17, 15) is 35.9 Å². The Hall–Kier alpha value is -7.43. The number of thioether (sulfide) groups is 1. The van der Waals surface area contributed by atoms with Gasteiger partial charge in [0, 0.05) is 52.4 Å². The van der Waals surface area contributed by atoms with Gasteiger partial charge in [0.2, 0.25) is 0 Å². The van der Waals surface area contributed by atoms with Crippen LogP contribution in [0.4, 0.5) is 58.7 Å². The predicted octanol–water partition coefficient (Wildman–Crippen LogP) is 15.6. The third-order valence-electron chi connectivity index (χ3n) is 12.2. The predicted molar refractivity (Wildman–Crippen MR) is 278 cm³/mol. The zero-order valence-corrected chi connectivity index (χ0v) is 40.6. The fourth-order valence-electron chi connectivity index (χ4n) is 8.81. The molecule has 0 radical (unpaired) electrons. The molecule has 0 aliphatic rings. The maximum Gasteiger partial charge on any atom is 0.416 e. The quantitative estimate of drug-likeness (QED) is 0.0762. The van der Waals surface area contributed by atoms with Gasteiger partial charge < -0.3 is 21.3 Å². The normalized spacial score (nSPS) is 12.3. The molecule has 1 atom stereocenters. The summed E-state index contributed by atoms with van der Waals surface area (Å²) in [6, 6.07) is 40.0. The number of hydrogen-bond acceptors (Lipinski definition) is 6. The lowest BCUT2D eigenvalue weighted by Crippen LogP contribution is -2.35. The number of benzene rings is 6. The highest BCUT2D eigenvalue weighted by molar-refractivity contribution is 7.98. The van der Waals surface area contributed by atoms with Crippen LogP contribution in [0.5, 0.6) is 0 Å². The van der Waals surface area contributed by atoms with Crippen molar-refractivity contribution in [2.75, 3.05) is 33.3 Å². The van der Waals surface area contributed by atoms with Crippen LogP contribution in [-0.4, -0.2) is 45.0 Å². The summed E-state index contributed by atoms with van der Waals surface area (Å²) >= 11 is 1.80. The third kappa shape index (κ3) is 12.7. The molecule has 8 aromatic rings. The first-order chi connectivity index (χ1) is 34.4. The number of rotatable bonds is 15. The minimum absolute atomic E-state index is 0.000150. The number of nitrogens with one attached hydrogen (secondary N) is 4. The molecule has 16 heteroatoms. The van der Waals surface area contributed by atoms with Crippen LogP contribution in [-0.2, 0) is 25.4 Å². The van der Waals surface area contributed by atoms with Gasteiger partial charge in [0.25, 0.3) is 0 Å². The summed E-state index contributed by atoms with van der Waals surface area (Å²) in [7, 11) is 0. The van der Waals surface area contributed by atoms with Crippen LogP contribution in [0.2, 0.25) is 0 Å². The number of para-hydroxylation sites is 2. The molecule has 0 aliphatic heterocycles. The Kier molecular flexibility index (Phi) is 15.5. The summed E-state index contributed by atoms with van der Waals surface area (Å²) in [6.45, 7) is 7.31. The molecule has 6 aromatic carbocycles. The van der Waals surface area contributed by atoms with E-state index >= 15 is 0 Å². The highest BCUT2D eigenvalue weighted by Gasteiger charge is 2.37. The molecular weight excluding hydrogens is 949 g/mol. The Labute approximate surface area is 417 Å². The zero-order valence-electron chi connectivity index (χ0n) is 39.8. The number of carbonyl (C=O) groups is 2. The van der Waals surface area contributed by atoms with E-state index in [1.54, 1.807) is 36.0 Å². The number of aryl methyl sites for hydroxylation is 2. The Morgan fingerprint density at radius 2 is 1.03 bits per heavy atom. The molecule has 2 aromatic heterocycles. The maximum absolute atomic E-state index is 13.5. The Balaban J connectivity index is 0.981. The number of amides is 4. The number of urea groups is 2. The van der Waals surface area contributed by atoms with Gasteiger partial charge in [0.05, 0.1) is 44.9 Å². The molecule has 0 aliphatic carbocycles. The second-order valence-corrected chi connectivity index (χ2v) is 18.6. The van der Waals surface area contributed by atoms with Crippen LogP contribution in [0.1, 0.15) is 53.4 Å². The van der Waals surface area contributed by atoms with E-state index in [2.05, 4.69) is 63.6 Å². The summed E-state index contributed by atoms with van der Waals surface area (Å²) in [5, 5.41) is 12.5. The fourth-order valence-corrected chi connectivity index (χ4v) is 9.31. The van der Waals surface area contributed by atoms with Gasteiger partial charge in [-0.3, -0.25) is 14.9 Å². The molecule has 370 valence electrons. The van der Waals surface area contributed by atoms with Crippen LogP contribution in [0, 0.1) is 13.8 Å². The lowest BCUT2D eigenvalue weighted by atomic mass is 10.0. The highest BCUT2D eigenvalue weighted by atomic mass is 32.2. The first kappa shape index (κ1) is 50.9. The van der Waals surface area contributed by atoms with Crippen molar-refractivity contribution in [3.63, 3.8) is 0 Å². The molecule has 9 nitrogen and oxygen atoms in total. The van der Waals surface area contributed by atoms with Gasteiger partial charge in [-0.1, -0.05) is 73.7 Å². The number of anilines is 4. The van der Waals surface area contributed by atoms with Gasteiger partial charge in [-0.25, -0.2) is 9.59 Å². The van der Waals surface area contributed by atoms with E-state index in [1.807, 2.05) is 92.7 Å². The standard InChI is InChI=1S/C56H51F6N7O2S/c1-5-46(22-23-72-4)69(32-42-18-14-38-27-36(16-20-49(38)63-42)47-10-6-8-12-51(47)67-53(70)65-44-25-34(2)24-35(3)26-44)33-43-19-15-39-28-37(17-21-50(39)64-43)48-11-7-9-13-52(48)68-54(71)66-45-30-40(55(57,58)59)29-41(31-45)56(60,61)62/h6-21,24-31,46H,5,22-23,32-33H2,1-4H3,(H2,65,67,70)(H2,66,68,71)/t46-/m1/s1. The first-order valence-corrected chi connectivity index (χ1v) is 24.6. The van der Waals surface area contributed by atoms with Crippen molar-refractivity contribution < 1.29 is 35.9 Å². The summed E-state index contributed by atoms with van der Waals surface area (Å²) in [6.07, 6.45) is -6.14. The molecule has 0 spiro atoms. The van der Waals surface area contributed by atoms with Crippen LogP contribution in [0.15, 0.2) is 146 Å². The average molecular weight is 1000 g/mol. The maximum atomic E-state index is 13.5. The number of pyridine rings is 2. The number of hydrogen-bond donors (Lipinski definition) is 4. The minimum atomic E-state index is -5.07. The monoisotopic (exact) mass is 999 g/mol. The summed E-state index contributed by atoms with van der Waals surface area (Å²) in [5.74, 6) is 0.989. The Morgan fingerprint density at radius 3 is 1.47 bits per heavy atom. The second-order valence-electron chi connectivity index (χ2n) is 17.6. The Bertz CT molecular complexity index is 3220. The van der Waals surface area contributed by atoms with E-state index in [-0.39, 0.29) is 23.8 Å². The average Bonchev–Trinajstić information content (AvgIpc) is 3.33. The lowest BCUT2D eigenvalue weighted by Gasteiger charge is -2.31. The third-order valence-corrected chi connectivity index (χ3v) is 12.8. The molecule has 72 heavy (non-hydrogen) atoms. The molecule has 0 saturated carbocycles. The summed E-state index contributed by atoms with van der Waals surface area (Å²) < 4.78 is 80.8. The number of alkyl halides is 6. The largest absolute Gasteiger partial charge is 0.416 e. The van der Waals surface area contributed by atoms with Crippen LogP contribution < -0.4 is 21.3 Å².